The first kappa shape index (κ1) is 14.3. The first-order valence-electron chi connectivity index (χ1n) is 9.43. The van der Waals surface area contributed by atoms with Gasteiger partial charge >= 0.3 is 0 Å². The lowest BCUT2D eigenvalue weighted by Crippen LogP contribution is -2.05. The summed E-state index contributed by atoms with van der Waals surface area (Å²) >= 11 is 0. The van der Waals surface area contributed by atoms with Crippen molar-refractivity contribution in [2.75, 3.05) is 0 Å². The van der Waals surface area contributed by atoms with Crippen LogP contribution in [-0.2, 0) is 0 Å². The average molecular weight is 332 g/mol. The third-order valence-corrected chi connectivity index (χ3v) is 6.53. The molecule has 2 bridgehead atoms. The Balaban J connectivity index is 1.66. The third-order valence-electron chi connectivity index (χ3n) is 6.53. The van der Waals surface area contributed by atoms with E-state index in [2.05, 4.69) is 86.3 Å². The van der Waals surface area contributed by atoms with Gasteiger partial charge in [-0.3, -0.25) is 0 Å². The van der Waals surface area contributed by atoms with Crippen molar-refractivity contribution in [3.05, 3.63) is 107 Å². The molecule has 4 aromatic rings. The van der Waals surface area contributed by atoms with Crippen LogP contribution in [0.4, 0.5) is 0 Å². The molecule has 0 aromatic heterocycles. The Morgan fingerprint density at radius 2 is 1.08 bits per heavy atom. The van der Waals surface area contributed by atoms with E-state index in [1.807, 2.05) is 0 Å². The molecule has 1 unspecified atom stereocenters. The lowest BCUT2D eigenvalue weighted by Gasteiger charge is -2.20. The van der Waals surface area contributed by atoms with Gasteiger partial charge in [-0.1, -0.05) is 72.8 Å². The molecule has 0 saturated heterocycles. The van der Waals surface area contributed by atoms with E-state index in [0.717, 1.165) is 0 Å². The van der Waals surface area contributed by atoms with Gasteiger partial charge < -0.3 is 0 Å². The van der Waals surface area contributed by atoms with Gasteiger partial charge in [0.2, 0.25) is 0 Å². The van der Waals surface area contributed by atoms with Gasteiger partial charge in [-0.15, -0.1) is 0 Å². The van der Waals surface area contributed by atoms with Gasteiger partial charge in [-0.05, 0) is 62.9 Å². The molecule has 0 aliphatic heterocycles. The summed E-state index contributed by atoms with van der Waals surface area (Å²) in [6.45, 7) is 6.56. The van der Waals surface area contributed by atoms with Crippen LogP contribution in [0.25, 0.3) is 21.5 Å². The zero-order chi connectivity index (χ0) is 17.4. The molecule has 0 spiro atoms. The molecule has 0 radical (unpaired) electrons. The number of fused-ring (bicyclic) bond motifs is 10. The molecule has 3 atom stereocenters. The van der Waals surface area contributed by atoms with Gasteiger partial charge in [0.25, 0.3) is 0 Å². The van der Waals surface area contributed by atoms with Crippen LogP contribution in [0.1, 0.15) is 41.0 Å². The predicted molar refractivity (Wildman–Crippen MR) is 110 cm³/mol. The molecular weight excluding hydrogens is 312 g/mol. The van der Waals surface area contributed by atoms with Crippen LogP contribution < -0.4 is 0 Å². The minimum atomic E-state index is 0.472. The Kier molecular flexibility index (Phi) is 2.68. The van der Waals surface area contributed by atoms with E-state index in [1.165, 1.54) is 49.4 Å². The zero-order valence-electron chi connectivity index (χ0n) is 14.9. The summed E-state index contributed by atoms with van der Waals surface area (Å²) in [5.41, 5.74) is 7.37. The van der Waals surface area contributed by atoms with E-state index >= 15 is 0 Å². The van der Waals surface area contributed by atoms with E-state index in [1.54, 1.807) is 0 Å². The van der Waals surface area contributed by atoms with Crippen LogP contribution in [0.15, 0.2) is 84.9 Å². The molecule has 2 aliphatic carbocycles. The Morgan fingerprint density at radius 3 is 1.54 bits per heavy atom. The SMILES string of the molecule is C=C(C)C1[C@@H]2c3ccccc3[C@H]1c1cc3cc4ccccc4cc3cc12. The second-order valence-electron chi connectivity index (χ2n) is 7.98. The van der Waals surface area contributed by atoms with Crippen molar-refractivity contribution >= 4 is 21.5 Å². The second kappa shape index (κ2) is 4.86. The Hall–Kier alpha value is -2.86. The smallest absolute Gasteiger partial charge is 0.0170 e. The summed E-state index contributed by atoms with van der Waals surface area (Å²) in [5.74, 6) is 1.45. The fraction of sp³-hybridized carbons (Fsp3) is 0.154. The van der Waals surface area contributed by atoms with Crippen LogP contribution in [0, 0.1) is 5.92 Å². The first-order chi connectivity index (χ1) is 12.7. The molecule has 0 heterocycles. The fourth-order valence-corrected chi connectivity index (χ4v) is 5.51. The van der Waals surface area contributed by atoms with Gasteiger partial charge in [-0.2, -0.15) is 0 Å². The van der Waals surface area contributed by atoms with Crippen molar-refractivity contribution in [1.82, 2.24) is 0 Å². The monoisotopic (exact) mass is 332 g/mol. The number of rotatable bonds is 1. The van der Waals surface area contributed by atoms with E-state index in [9.17, 15) is 0 Å². The number of benzene rings is 4. The van der Waals surface area contributed by atoms with Gasteiger partial charge in [0, 0.05) is 17.8 Å². The average Bonchev–Trinajstić information content (AvgIpc) is 3.17. The minimum absolute atomic E-state index is 0.472. The van der Waals surface area contributed by atoms with Crippen LogP contribution in [0.3, 0.4) is 0 Å². The molecule has 26 heavy (non-hydrogen) atoms. The first-order valence-corrected chi connectivity index (χ1v) is 9.43. The highest BCUT2D eigenvalue weighted by Gasteiger charge is 2.49. The van der Waals surface area contributed by atoms with E-state index in [0.29, 0.717) is 17.8 Å². The van der Waals surface area contributed by atoms with Crippen molar-refractivity contribution in [2.24, 2.45) is 5.92 Å². The summed E-state index contributed by atoms with van der Waals surface area (Å²) in [5, 5.41) is 5.35. The lowest BCUT2D eigenvalue weighted by molar-refractivity contribution is 0.584. The lowest BCUT2D eigenvalue weighted by atomic mass is 9.84. The molecule has 0 heteroatoms. The highest BCUT2D eigenvalue weighted by Crippen LogP contribution is 2.62. The molecule has 0 nitrogen and oxygen atoms in total. The maximum absolute atomic E-state index is 4.36. The van der Waals surface area contributed by atoms with Gasteiger partial charge in [0.15, 0.2) is 0 Å². The summed E-state index contributed by atoms with van der Waals surface area (Å²) < 4.78 is 0. The summed E-state index contributed by atoms with van der Waals surface area (Å²) in [7, 11) is 0. The van der Waals surface area contributed by atoms with Crippen LogP contribution in [-0.4, -0.2) is 0 Å². The molecule has 0 saturated carbocycles. The van der Waals surface area contributed by atoms with Gasteiger partial charge in [-0.25, -0.2) is 0 Å². The molecule has 0 amide bonds. The molecule has 4 aromatic carbocycles. The van der Waals surface area contributed by atoms with Gasteiger partial charge in [0.05, 0.1) is 0 Å². The molecule has 6 rings (SSSR count). The topological polar surface area (TPSA) is 0 Å². The standard InChI is InChI=1S/C26H20/c1-15(2)24-25-20-9-5-6-10-21(20)26(24)23-14-19-12-17-8-4-3-7-16(17)11-18(19)13-22(23)25/h3-14,24-26H,1H2,2H3/t24?,25-,26+. The van der Waals surface area contributed by atoms with Crippen molar-refractivity contribution in [2.45, 2.75) is 18.8 Å². The maximum Gasteiger partial charge on any atom is 0.0170 e. The van der Waals surface area contributed by atoms with Crippen LogP contribution in [0.5, 0.6) is 0 Å². The molecular formula is C26H20. The van der Waals surface area contributed by atoms with Crippen molar-refractivity contribution in [3.63, 3.8) is 0 Å². The highest BCUT2D eigenvalue weighted by molar-refractivity contribution is 5.99. The molecule has 0 N–H and O–H groups in total. The second-order valence-corrected chi connectivity index (χ2v) is 7.98. The van der Waals surface area contributed by atoms with Crippen molar-refractivity contribution in [1.29, 1.82) is 0 Å². The van der Waals surface area contributed by atoms with E-state index in [4.69, 9.17) is 0 Å². The highest BCUT2D eigenvalue weighted by atomic mass is 14.5. The zero-order valence-corrected chi connectivity index (χ0v) is 14.9. The molecule has 2 aliphatic rings. The largest absolute Gasteiger partial charge is 0.0998 e. The van der Waals surface area contributed by atoms with Gasteiger partial charge in [0.1, 0.15) is 0 Å². The van der Waals surface area contributed by atoms with Crippen LogP contribution in [0.2, 0.25) is 0 Å². The summed E-state index contributed by atoms with van der Waals surface area (Å²) in [6, 6.07) is 27.3. The Labute approximate surface area is 153 Å². The minimum Gasteiger partial charge on any atom is -0.0998 e. The third kappa shape index (κ3) is 1.69. The Morgan fingerprint density at radius 1 is 0.615 bits per heavy atom. The van der Waals surface area contributed by atoms with Crippen LogP contribution >= 0.6 is 0 Å². The molecule has 124 valence electrons. The quantitative estimate of drug-likeness (QED) is 0.266. The molecule has 0 fully saturated rings. The Bertz CT molecular complexity index is 1140. The van der Waals surface area contributed by atoms with Crippen molar-refractivity contribution in [3.8, 4) is 0 Å². The summed E-state index contributed by atoms with van der Waals surface area (Å²) in [6.07, 6.45) is 0. The predicted octanol–water partition coefficient (Wildman–Crippen LogP) is 6.78. The maximum atomic E-state index is 4.36. The number of hydrogen-bond acceptors (Lipinski definition) is 0. The normalized spacial score (nSPS) is 22.6. The summed E-state index contributed by atoms with van der Waals surface area (Å²) in [4.78, 5) is 0. The number of allylic oxidation sites excluding steroid dienone is 1. The van der Waals surface area contributed by atoms with Crippen molar-refractivity contribution < 1.29 is 0 Å². The van der Waals surface area contributed by atoms with E-state index in [-0.39, 0.29) is 0 Å². The fourth-order valence-electron chi connectivity index (χ4n) is 5.51. The number of hydrogen-bond donors (Lipinski definition) is 0. The van der Waals surface area contributed by atoms with E-state index < -0.39 is 0 Å².